The van der Waals surface area contributed by atoms with Gasteiger partial charge in [-0.15, -0.1) is 0 Å². The van der Waals surface area contributed by atoms with Gasteiger partial charge in [-0.25, -0.2) is 4.79 Å². The van der Waals surface area contributed by atoms with Crippen LogP contribution in [0.1, 0.15) is 18.4 Å². The lowest BCUT2D eigenvalue weighted by Gasteiger charge is -2.34. The van der Waals surface area contributed by atoms with Crippen molar-refractivity contribution in [1.82, 2.24) is 4.90 Å². The number of amides is 1. The molecule has 1 unspecified atom stereocenters. The minimum atomic E-state index is -0.363. The van der Waals surface area contributed by atoms with Crippen LogP contribution in [0, 0.1) is 0 Å². The van der Waals surface area contributed by atoms with Crippen molar-refractivity contribution >= 4 is 11.9 Å². The van der Waals surface area contributed by atoms with Gasteiger partial charge >= 0.3 is 6.09 Å². The molecule has 1 atom stereocenters. The average Bonchev–Trinajstić information content (AvgIpc) is 2.46. The summed E-state index contributed by atoms with van der Waals surface area (Å²) in [5.41, 5.74) is 1.12. The number of hydrogen-bond acceptors (Lipinski definition) is 3. The third-order valence-electron chi connectivity index (χ3n) is 3.41. The van der Waals surface area contributed by atoms with Gasteiger partial charge in [0.25, 0.3) is 0 Å². The van der Waals surface area contributed by atoms with E-state index < -0.39 is 0 Å². The maximum atomic E-state index is 12.0. The number of piperidine rings is 1. The van der Waals surface area contributed by atoms with E-state index >= 15 is 0 Å². The summed E-state index contributed by atoms with van der Waals surface area (Å²) in [4.78, 5) is 25.3. The van der Waals surface area contributed by atoms with Crippen LogP contribution in [0.15, 0.2) is 43.0 Å². The van der Waals surface area contributed by atoms with Gasteiger partial charge in [-0.05, 0) is 12.0 Å². The van der Waals surface area contributed by atoms with Gasteiger partial charge in [0.2, 0.25) is 0 Å². The molecule has 1 aromatic carbocycles. The molecule has 106 valence electrons. The Balaban J connectivity index is 2.06. The second kappa shape index (κ2) is 6.89. The molecule has 4 nitrogen and oxygen atoms in total. The molecule has 0 radical (unpaired) electrons. The van der Waals surface area contributed by atoms with Gasteiger partial charge in [0.05, 0.1) is 0 Å². The first-order chi connectivity index (χ1) is 9.70. The Labute approximate surface area is 119 Å². The molecule has 20 heavy (non-hydrogen) atoms. The maximum absolute atomic E-state index is 12.0. The van der Waals surface area contributed by atoms with Gasteiger partial charge < -0.3 is 9.64 Å². The van der Waals surface area contributed by atoms with E-state index in [1.807, 2.05) is 30.3 Å². The van der Waals surface area contributed by atoms with Crippen molar-refractivity contribution in [3.8, 4) is 0 Å². The van der Waals surface area contributed by atoms with E-state index in [9.17, 15) is 9.59 Å². The van der Waals surface area contributed by atoms with E-state index in [-0.39, 0.29) is 24.5 Å². The first-order valence-corrected chi connectivity index (χ1v) is 6.80. The highest BCUT2D eigenvalue weighted by Crippen LogP contribution is 2.19. The number of ketones is 1. The van der Waals surface area contributed by atoms with Crippen molar-refractivity contribution in [2.45, 2.75) is 25.3 Å². The van der Waals surface area contributed by atoms with Crippen molar-refractivity contribution in [3.63, 3.8) is 0 Å². The molecular weight excluding hydrogens is 254 g/mol. The molecule has 1 amide bonds. The number of carbonyl (C=O) groups excluding carboxylic acids is 2. The zero-order valence-electron chi connectivity index (χ0n) is 11.5. The van der Waals surface area contributed by atoms with E-state index in [2.05, 4.69) is 6.58 Å². The van der Waals surface area contributed by atoms with Crippen molar-refractivity contribution in [2.75, 3.05) is 13.2 Å². The van der Waals surface area contributed by atoms with Crippen LogP contribution in [-0.4, -0.2) is 36.0 Å². The summed E-state index contributed by atoms with van der Waals surface area (Å²) in [7, 11) is 0. The standard InChI is InChI=1S/C16H19NO3/c1-2-10-20-16(19)17-9-8-15(18)12-14(17)11-13-6-4-3-5-7-13/h2-7,14H,1,8-12H2. The molecule has 1 saturated heterocycles. The molecule has 1 heterocycles. The molecule has 1 fully saturated rings. The number of rotatable bonds is 4. The largest absolute Gasteiger partial charge is 0.445 e. The summed E-state index contributed by atoms with van der Waals surface area (Å²) < 4.78 is 5.09. The quantitative estimate of drug-likeness (QED) is 0.792. The van der Waals surface area contributed by atoms with E-state index in [4.69, 9.17) is 4.74 Å². The van der Waals surface area contributed by atoms with Gasteiger partial charge in [0, 0.05) is 25.4 Å². The van der Waals surface area contributed by atoms with Crippen LogP contribution in [-0.2, 0) is 16.0 Å². The smallest absolute Gasteiger partial charge is 0.410 e. The van der Waals surface area contributed by atoms with Crippen molar-refractivity contribution in [2.24, 2.45) is 0 Å². The number of Topliss-reactive ketones (excluding diaryl/α,β-unsaturated/α-hetero) is 1. The van der Waals surface area contributed by atoms with Crippen molar-refractivity contribution in [1.29, 1.82) is 0 Å². The zero-order valence-corrected chi connectivity index (χ0v) is 11.5. The summed E-state index contributed by atoms with van der Waals surface area (Å²) in [5, 5.41) is 0. The summed E-state index contributed by atoms with van der Waals surface area (Å²) in [6.07, 6.45) is 2.67. The Morgan fingerprint density at radius 1 is 1.40 bits per heavy atom. The summed E-state index contributed by atoms with van der Waals surface area (Å²) >= 11 is 0. The highest BCUT2D eigenvalue weighted by atomic mass is 16.6. The number of nitrogens with zero attached hydrogens (tertiary/aromatic N) is 1. The van der Waals surface area contributed by atoms with E-state index in [1.165, 1.54) is 0 Å². The molecule has 0 bridgehead atoms. The lowest BCUT2D eigenvalue weighted by atomic mass is 9.95. The third kappa shape index (κ3) is 3.70. The van der Waals surface area contributed by atoms with Crippen LogP contribution in [0.4, 0.5) is 4.79 Å². The fourth-order valence-corrected chi connectivity index (χ4v) is 2.42. The van der Waals surface area contributed by atoms with Crippen LogP contribution in [0.5, 0.6) is 0 Å². The Morgan fingerprint density at radius 3 is 2.85 bits per heavy atom. The highest BCUT2D eigenvalue weighted by molar-refractivity contribution is 5.82. The minimum absolute atomic E-state index is 0.115. The molecule has 0 spiro atoms. The van der Waals surface area contributed by atoms with Crippen molar-refractivity contribution < 1.29 is 14.3 Å². The zero-order chi connectivity index (χ0) is 14.4. The predicted octanol–water partition coefficient (Wildman–Crippen LogP) is 2.59. The summed E-state index contributed by atoms with van der Waals surface area (Å²) in [6, 6.07) is 9.77. The van der Waals surface area contributed by atoms with Gasteiger partial charge in [0.15, 0.2) is 0 Å². The molecule has 1 aromatic rings. The lowest BCUT2D eigenvalue weighted by molar-refractivity contribution is -0.122. The van der Waals surface area contributed by atoms with Crippen molar-refractivity contribution in [3.05, 3.63) is 48.6 Å². The molecular formula is C16H19NO3. The van der Waals surface area contributed by atoms with E-state index in [0.717, 1.165) is 5.56 Å². The van der Waals surface area contributed by atoms with Gasteiger partial charge in [-0.1, -0.05) is 43.0 Å². The molecule has 1 aliphatic heterocycles. The Morgan fingerprint density at radius 2 is 2.15 bits per heavy atom. The first-order valence-electron chi connectivity index (χ1n) is 6.80. The van der Waals surface area contributed by atoms with Gasteiger partial charge in [0.1, 0.15) is 12.4 Å². The Kier molecular flexibility index (Phi) is 4.93. The number of carbonyl (C=O) groups is 2. The molecule has 0 aromatic heterocycles. The number of likely N-dealkylation sites (tertiary alicyclic amines) is 1. The van der Waals surface area contributed by atoms with Gasteiger partial charge in [-0.2, -0.15) is 0 Å². The van der Waals surface area contributed by atoms with E-state index in [0.29, 0.717) is 25.8 Å². The van der Waals surface area contributed by atoms with Crippen LogP contribution in [0.25, 0.3) is 0 Å². The SMILES string of the molecule is C=CCOC(=O)N1CCC(=O)CC1Cc1ccccc1. The fourth-order valence-electron chi connectivity index (χ4n) is 2.42. The van der Waals surface area contributed by atoms with Crippen LogP contribution in [0.3, 0.4) is 0 Å². The second-order valence-corrected chi connectivity index (χ2v) is 4.90. The van der Waals surface area contributed by atoms with Gasteiger partial charge in [-0.3, -0.25) is 4.79 Å². The van der Waals surface area contributed by atoms with Crippen LogP contribution >= 0.6 is 0 Å². The molecule has 0 saturated carbocycles. The Hall–Kier alpha value is -2.10. The van der Waals surface area contributed by atoms with E-state index in [1.54, 1.807) is 11.0 Å². The number of ether oxygens (including phenoxy) is 1. The number of benzene rings is 1. The lowest BCUT2D eigenvalue weighted by Crippen LogP contribution is -2.47. The van der Waals surface area contributed by atoms with Crippen LogP contribution in [0.2, 0.25) is 0 Å². The predicted molar refractivity (Wildman–Crippen MR) is 76.4 cm³/mol. The monoisotopic (exact) mass is 273 g/mol. The fraction of sp³-hybridized carbons (Fsp3) is 0.375. The summed E-state index contributed by atoms with van der Waals surface area (Å²) in [6.45, 7) is 4.16. The molecule has 1 aliphatic rings. The highest BCUT2D eigenvalue weighted by Gasteiger charge is 2.31. The second-order valence-electron chi connectivity index (χ2n) is 4.90. The topological polar surface area (TPSA) is 46.6 Å². The first kappa shape index (κ1) is 14.3. The number of hydrogen-bond donors (Lipinski definition) is 0. The molecule has 2 rings (SSSR count). The Bertz CT molecular complexity index is 484. The molecule has 0 N–H and O–H groups in total. The van der Waals surface area contributed by atoms with Crippen LogP contribution < -0.4 is 0 Å². The molecule has 0 aliphatic carbocycles. The normalized spacial score (nSPS) is 18.7. The molecule has 4 heteroatoms. The average molecular weight is 273 g/mol. The third-order valence-corrected chi connectivity index (χ3v) is 3.41. The summed E-state index contributed by atoms with van der Waals surface area (Å²) in [5.74, 6) is 0.207. The minimum Gasteiger partial charge on any atom is -0.445 e. The maximum Gasteiger partial charge on any atom is 0.410 e.